The van der Waals surface area contributed by atoms with Crippen molar-refractivity contribution in [1.29, 1.82) is 0 Å². The van der Waals surface area contributed by atoms with E-state index in [1.54, 1.807) is 12.2 Å². The van der Waals surface area contributed by atoms with E-state index in [0.717, 1.165) is 50.9 Å². The number of hydrogen-bond acceptors (Lipinski definition) is 13. The first-order chi connectivity index (χ1) is 29.0. The fraction of sp³-hybridized carbons (Fsp3) is 0.837. The largest absolute Gasteiger partial charge is 0.472 e. The van der Waals surface area contributed by atoms with E-state index in [-0.39, 0.29) is 31.0 Å². The lowest BCUT2D eigenvalue weighted by Gasteiger charge is -2.20. The maximum atomic E-state index is 12.7. The van der Waals surface area contributed by atoms with Gasteiger partial charge < -0.3 is 39.5 Å². The molecule has 1 fully saturated rings. The molecule has 0 aromatic heterocycles. The molecule has 0 bridgehead atoms. The van der Waals surface area contributed by atoms with Crippen LogP contribution < -0.4 is 0 Å². The zero-order valence-corrected chi connectivity index (χ0v) is 38.7. The molecule has 356 valence electrons. The van der Waals surface area contributed by atoms with Crippen molar-refractivity contribution in [3.05, 3.63) is 24.3 Å². The number of ether oxygens (including phenoxy) is 2. The Balaban J connectivity index is 2.57. The number of Topliss-reactive ketones (excluding diaryl/α,β-unsaturated/α-hetero) is 1. The van der Waals surface area contributed by atoms with Gasteiger partial charge in [0.05, 0.1) is 32.0 Å². The zero-order valence-electron chi connectivity index (χ0n) is 36.9. The summed E-state index contributed by atoms with van der Waals surface area (Å²) in [4.78, 5) is 65.5. The van der Waals surface area contributed by atoms with Crippen LogP contribution in [0, 0.1) is 17.8 Å². The number of ketones is 1. The minimum absolute atomic E-state index is 0.00261. The predicted molar refractivity (Wildman–Crippen MR) is 231 cm³/mol. The van der Waals surface area contributed by atoms with Gasteiger partial charge in [-0.15, -0.1) is 0 Å². The summed E-state index contributed by atoms with van der Waals surface area (Å²) in [5.41, 5.74) is 0. The molecule has 6 N–H and O–H groups in total. The van der Waals surface area contributed by atoms with E-state index in [0.29, 0.717) is 32.1 Å². The molecular formula is C43H78O16P2. The Labute approximate surface area is 364 Å². The van der Waals surface area contributed by atoms with Crippen LogP contribution in [-0.4, -0.2) is 98.6 Å². The Kier molecular flexibility index (Phi) is 31.6. The number of aliphatic hydroxyl groups is 3. The van der Waals surface area contributed by atoms with E-state index in [9.17, 15) is 43.7 Å². The average Bonchev–Trinajstić information content (AvgIpc) is 3.48. The second kappa shape index (κ2) is 33.7. The van der Waals surface area contributed by atoms with Crippen molar-refractivity contribution in [2.75, 3.05) is 26.4 Å². The lowest BCUT2D eigenvalue weighted by atomic mass is 9.90. The molecule has 1 aliphatic carbocycles. The molecule has 0 heterocycles. The summed E-state index contributed by atoms with van der Waals surface area (Å²) in [5, 5.41) is 30.4. The quantitative estimate of drug-likeness (QED) is 0.0149. The van der Waals surface area contributed by atoms with Crippen molar-refractivity contribution < 1.29 is 76.6 Å². The highest BCUT2D eigenvalue weighted by Crippen LogP contribution is 2.44. The first-order valence-electron chi connectivity index (χ1n) is 22.5. The lowest BCUT2D eigenvalue weighted by molar-refractivity contribution is -0.161. The summed E-state index contributed by atoms with van der Waals surface area (Å²) in [7, 11) is -9.76. The first-order valence-corrected chi connectivity index (χ1v) is 25.6. The second-order valence-electron chi connectivity index (χ2n) is 16.4. The van der Waals surface area contributed by atoms with E-state index in [1.165, 1.54) is 44.9 Å². The smallest absolute Gasteiger partial charge is 0.462 e. The van der Waals surface area contributed by atoms with Gasteiger partial charge in [0.15, 0.2) is 6.10 Å². The summed E-state index contributed by atoms with van der Waals surface area (Å²) in [6.45, 7) is 3.67. The topological polar surface area (TPSA) is 253 Å². The van der Waals surface area contributed by atoms with Gasteiger partial charge in [-0.3, -0.25) is 28.0 Å². The Morgan fingerprint density at radius 3 is 1.98 bits per heavy atom. The van der Waals surface area contributed by atoms with Crippen LogP contribution in [0.15, 0.2) is 24.3 Å². The van der Waals surface area contributed by atoms with E-state index in [4.69, 9.17) is 23.8 Å². The molecule has 0 radical (unpaired) electrons. The van der Waals surface area contributed by atoms with Crippen LogP contribution in [0.1, 0.15) is 162 Å². The van der Waals surface area contributed by atoms with Gasteiger partial charge in [0.1, 0.15) is 18.5 Å². The molecule has 18 heteroatoms. The maximum Gasteiger partial charge on any atom is 0.472 e. The van der Waals surface area contributed by atoms with Gasteiger partial charge in [0.2, 0.25) is 0 Å². The molecule has 2 unspecified atom stereocenters. The highest BCUT2D eigenvalue weighted by molar-refractivity contribution is 7.47. The van der Waals surface area contributed by atoms with Crippen molar-refractivity contribution in [2.45, 2.75) is 186 Å². The number of phosphoric ester groups is 2. The summed E-state index contributed by atoms with van der Waals surface area (Å²) >= 11 is 0. The third-order valence-electron chi connectivity index (χ3n) is 10.7. The maximum absolute atomic E-state index is 12.7. The van der Waals surface area contributed by atoms with Crippen molar-refractivity contribution in [2.24, 2.45) is 17.8 Å². The molecular weight excluding hydrogens is 834 g/mol. The van der Waals surface area contributed by atoms with Crippen molar-refractivity contribution in [1.82, 2.24) is 0 Å². The molecule has 0 aliphatic heterocycles. The molecule has 1 aliphatic rings. The zero-order chi connectivity index (χ0) is 45.5. The molecule has 1 rings (SSSR count). The fourth-order valence-corrected chi connectivity index (χ4v) is 7.99. The molecule has 0 amide bonds. The van der Waals surface area contributed by atoms with Crippen LogP contribution in [0.4, 0.5) is 0 Å². The molecule has 8 atom stereocenters. The first kappa shape index (κ1) is 57.2. The van der Waals surface area contributed by atoms with Crippen LogP contribution >= 0.6 is 15.6 Å². The second-order valence-corrected chi connectivity index (χ2v) is 19.0. The number of carbonyl (C=O) groups is 3. The van der Waals surface area contributed by atoms with Gasteiger partial charge in [0.25, 0.3) is 0 Å². The monoisotopic (exact) mass is 912 g/mol. The number of hydrogen-bond donors (Lipinski definition) is 6. The van der Waals surface area contributed by atoms with Crippen LogP contribution in [0.5, 0.6) is 0 Å². The molecule has 61 heavy (non-hydrogen) atoms. The van der Waals surface area contributed by atoms with Crippen LogP contribution in [0.2, 0.25) is 0 Å². The number of allylic oxidation sites excluding steroid dienone is 2. The minimum atomic E-state index is -4.89. The number of unbranched alkanes of at least 4 members (excludes halogenated alkanes) is 12. The summed E-state index contributed by atoms with van der Waals surface area (Å²) in [6, 6.07) is 0. The van der Waals surface area contributed by atoms with Gasteiger partial charge in [-0.05, 0) is 38.0 Å². The van der Waals surface area contributed by atoms with E-state index in [1.807, 2.05) is 12.2 Å². The van der Waals surface area contributed by atoms with E-state index < -0.39 is 84.3 Å². The summed E-state index contributed by atoms with van der Waals surface area (Å²) < 4.78 is 47.7. The van der Waals surface area contributed by atoms with Crippen molar-refractivity contribution in [3.63, 3.8) is 0 Å². The van der Waals surface area contributed by atoms with Gasteiger partial charge in [-0.1, -0.05) is 135 Å². The van der Waals surface area contributed by atoms with Crippen LogP contribution in [0.25, 0.3) is 0 Å². The molecule has 0 spiro atoms. The van der Waals surface area contributed by atoms with Crippen LogP contribution in [-0.2, 0) is 46.6 Å². The molecule has 0 saturated heterocycles. The van der Waals surface area contributed by atoms with Gasteiger partial charge >= 0.3 is 27.6 Å². The third kappa shape index (κ3) is 30.8. The lowest BCUT2D eigenvalue weighted by Crippen LogP contribution is -2.30. The highest BCUT2D eigenvalue weighted by atomic mass is 31.2. The van der Waals surface area contributed by atoms with Crippen molar-refractivity contribution in [3.8, 4) is 0 Å². The number of carbonyl (C=O) groups excluding carboxylic acids is 3. The molecule has 0 aromatic rings. The summed E-state index contributed by atoms with van der Waals surface area (Å²) in [5.74, 6) is -1.25. The van der Waals surface area contributed by atoms with Gasteiger partial charge in [-0.25, -0.2) is 9.13 Å². The standard InChI is InChI=1S/C43H78O16P2/c1-4-6-17-23-35(44)27-28-39-38(40(46)29-41(39)47)24-19-15-16-20-25-42(48)55-32-37(33-58-61(53,54)57-31-36(45)30-56-60(50,51)52)59-43(49)26-21-14-12-10-8-7-9-11-13-18-22-34(3)5-2/h15,19,27-28,34-39,41,44-45,47H,4-14,16-18,20-26,29-33H2,1-3H3,(H,53,54)(H2,50,51,52)/b19-15-,28-27+/t34?,35-,36-,37+,38+,39+,41+/m0/s1. The SMILES string of the molecule is CCCCC[C@H](O)/C=C/[C@H]1[C@H](O)CC(=O)[C@@H]1C/C=C\CCCC(=O)OC[C@H](COP(=O)(O)OC[C@@H](O)COP(=O)(O)O)OC(=O)CCCCCCCCCCCCC(C)CC. The van der Waals surface area contributed by atoms with Crippen molar-refractivity contribution >= 4 is 33.4 Å². The van der Waals surface area contributed by atoms with E-state index in [2.05, 4.69) is 29.8 Å². The number of esters is 2. The minimum Gasteiger partial charge on any atom is -0.462 e. The number of phosphoric acid groups is 2. The van der Waals surface area contributed by atoms with Crippen LogP contribution in [0.3, 0.4) is 0 Å². The van der Waals surface area contributed by atoms with Gasteiger partial charge in [0, 0.05) is 31.1 Å². The highest BCUT2D eigenvalue weighted by Gasteiger charge is 2.39. The Bertz CT molecular complexity index is 1350. The van der Waals surface area contributed by atoms with Gasteiger partial charge in [-0.2, -0.15) is 0 Å². The average molecular weight is 913 g/mol. The predicted octanol–water partition coefficient (Wildman–Crippen LogP) is 7.95. The normalized spacial score (nSPS) is 20.2. The number of aliphatic hydroxyl groups excluding tert-OH is 3. The Morgan fingerprint density at radius 2 is 1.34 bits per heavy atom. The Hall–Kier alpha value is -1.81. The molecule has 16 nitrogen and oxygen atoms in total. The third-order valence-corrected chi connectivity index (χ3v) is 12.2. The molecule has 0 aromatic carbocycles. The summed E-state index contributed by atoms with van der Waals surface area (Å²) in [6.07, 6.45) is 21.1. The number of rotatable bonds is 38. The fourth-order valence-electron chi connectivity index (χ4n) is 6.83. The van der Waals surface area contributed by atoms with E-state index >= 15 is 0 Å². The Morgan fingerprint density at radius 1 is 0.754 bits per heavy atom. The molecule has 1 saturated carbocycles.